The minimum Gasteiger partial charge on any atom is -0.352 e. The van der Waals surface area contributed by atoms with E-state index < -0.39 is 11.7 Å². The highest BCUT2D eigenvalue weighted by Crippen LogP contribution is 2.41. The lowest BCUT2D eigenvalue weighted by Crippen LogP contribution is -2.50. The number of hydrogen-bond acceptors (Lipinski definition) is 5. The zero-order valence-electron chi connectivity index (χ0n) is 20.5. The Balaban J connectivity index is 1.31. The SMILES string of the molecule is CCCc1nc(N2CCN(C(=O)Nc3ccc(C(F)(F)F)cc3)CC2)c2c3c(sc2n1)CC(C)CC3. The fourth-order valence-corrected chi connectivity index (χ4v) is 6.39. The molecule has 6 nitrogen and oxygen atoms in total. The van der Waals surface area contributed by atoms with Gasteiger partial charge in [-0.3, -0.25) is 0 Å². The maximum atomic E-state index is 12.8. The molecule has 1 fully saturated rings. The maximum absolute atomic E-state index is 12.8. The van der Waals surface area contributed by atoms with Crippen molar-refractivity contribution in [2.45, 2.75) is 52.1 Å². The number of rotatable bonds is 4. The van der Waals surface area contributed by atoms with Crippen molar-refractivity contribution in [3.8, 4) is 0 Å². The summed E-state index contributed by atoms with van der Waals surface area (Å²) in [6.45, 7) is 6.72. The first kappa shape index (κ1) is 24.8. The van der Waals surface area contributed by atoms with Crippen LogP contribution in [0.25, 0.3) is 10.2 Å². The number of amides is 2. The van der Waals surface area contributed by atoms with Crippen molar-refractivity contribution in [3.63, 3.8) is 0 Å². The first-order chi connectivity index (χ1) is 17.2. The second kappa shape index (κ2) is 9.88. The number of nitrogens with zero attached hydrogens (tertiary/aromatic N) is 4. The van der Waals surface area contributed by atoms with E-state index in [-0.39, 0.29) is 6.03 Å². The molecule has 36 heavy (non-hydrogen) atoms. The molecule has 2 amide bonds. The lowest BCUT2D eigenvalue weighted by Gasteiger charge is -2.36. The van der Waals surface area contributed by atoms with Crippen molar-refractivity contribution < 1.29 is 18.0 Å². The summed E-state index contributed by atoms with van der Waals surface area (Å²) >= 11 is 1.81. The largest absolute Gasteiger partial charge is 0.416 e. The highest BCUT2D eigenvalue weighted by atomic mass is 32.1. The predicted molar refractivity (Wildman–Crippen MR) is 137 cm³/mol. The van der Waals surface area contributed by atoms with Gasteiger partial charge in [0.1, 0.15) is 16.5 Å². The fourth-order valence-electron chi connectivity index (χ4n) is 5.00. The van der Waals surface area contributed by atoms with Crippen molar-refractivity contribution >= 4 is 39.1 Å². The Kier molecular flexibility index (Phi) is 6.80. The van der Waals surface area contributed by atoms with Gasteiger partial charge in [0.2, 0.25) is 0 Å². The Morgan fingerprint density at radius 2 is 1.86 bits per heavy atom. The first-order valence-corrected chi connectivity index (χ1v) is 13.3. The zero-order valence-corrected chi connectivity index (χ0v) is 21.3. The molecular formula is C26H30F3N5OS. The molecule has 3 heterocycles. The van der Waals surface area contributed by atoms with E-state index in [0.717, 1.165) is 54.3 Å². The van der Waals surface area contributed by atoms with E-state index in [1.807, 2.05) is 11.3 Å². The molecule has 1 aliphatic heterocycles. The van der Waals surface area contributed by atoms with Gasteiger partial charge in [-0.1, -0.05) is 13.8 Å². The van der Waals surface area contributed by atoms with Crippen LogP contribution in [0.1, 0.15) is 48.5 Å². The van der Waals surface area contributed by atoms with Crippen molar-refractivity contribution in [2.75, 3.05) is 36.4 Å². The van der Waals surface area contributed by atoms with E-state index in [1.54, 1.807) is 4.90 Å². The number of anilines is 2. The van der Waals surface area contributed by atoms with Gasteiger partial charge in [0.15, 0.2) is 0 Å². The number of fused-ring (bicyclic) bond motifs is 3. The normalized spacial score (nSPS) is 18.4. The van der Waals surface area contributed by atoms with Crippen molar-refractivity contribution in [2.24, 2.45) is 5.92 Å². The Morgan fingerprint density at radius 1 is 1.14 bits per heavy atom. The molecule has 0 saturated carbocycles. The minimum absolute atomic E-state index is 0.309. The molecule has 0 radical (unpaired) electrons. The molecule has 1 aromatic carbocycles. The summed E-state index contributed by atoms with van der Waals surface area (Å²) in [6, 6.07) is 4.21. The number of alkyl halides is 3. The van der Waals surface area contributed by atoms with Crippen LogP contribution in [-0.4, -0.2) is 47.1 Å². The van der Waals surface area contributed by atoms with Crippen LogP contribution in [0.15, 0.2) is 24.3 Å². The number of aromatic nitrogens is 2. The number of thiophene rings is 1. The molecule has 10 heteroatoms. The van der Waals surface area contributed by atoms with Gasteiger partial charge in [0, 0.05) is 43.2 Å². The van der Waals surface area contributed by atoms with Gasteiger partial charge < -0.3 is 15.1 Å². The lowest BCUT2D eigenvalue weighted by molar-refractivity contribution is -0.137. The minimum atomic E-state index is -4.40. The van der Waals surface area contributed by atoms with E-state index in [2.05, 4.69) is 24.1 Å². The second-order valence-corrected chi connectivity index (χ2v) is 10.8. The Hall–Kier alpha value is -2.88. The average Bonchev–Trinajstić information content (AvgIpc) is 3.21. The van der Waals surface area contributed by atoms with Gasteiger partial charge in [-0.2, -0.15) is 13.2 Å². The molecule has 1 aliphatic carbocycles. The van der Waals surface area contributed by atoms with Gasteiger partial charge in [-0.05, 0) is 61.4 Å². The summed E-state index contributed by atoms with van der Waals surface area (Å²) in [7, 11) is 0. The summed E-state index contributed by atoms with van der Waals surface area (Å²) < 4.78 is 38.4. The number of halogens is 3. The van der Waals surface area contributed by atoms with Crippen LogP contribution in [0.4, 0.5) is 29.5 Å². The molecule has 3 aromatic rings. The van der Waals surface area contributed by atoms with Crippen LogP contribution in [-0.2, 0) is 25.4 Å². The number of urea groups is 1. The van der Waals surface area contributed by atoms with E-state index >= 15 is 0 Å². The van der Waals surface area contributed by atoms with Crippen LogP contribution in [0.2, 0.25) is 0 Å². The molecule has 2 aromatic heterocycles. The van der Waals surface area contributed by atoms with Crippen LogP contribution in [0, 0.1) is 5.92 Å². The van der Waals surface area contributed by atoms with Gasteiger partial charge >= 0.3 is 12.2 Å². The van der Waals surface area contributed by atoms with Crippen LogP contribution in [0.5, 0.6) is 0 Å². The molecule has 1 unspecified atom stereocenters. The number of hydrogen-bond donors (Lipinski definition) is 1. The standard InChI is InChI=1S/C26H30F3N5OS/c1-3-4-21-31-23(22-19-10-5-16(2)15-20(19)36-24(22)32-21)33-11-13-34(14-12-33)25(35)30-18-8-6-17(7-9-18)26(27,28)29/h6-9,16H,3-5,10-15H2,1-2H3,(H,30,35). The average molecular weight is 518 g/mol. The number of aryl methyl sites for hydroxylation is 2. The highest BCUT2D eigenvalue weighted by molar-refractivity contribution is 7.19. The number of carbonyl (C=O) groups excluding carboxylic acids is 1. The van der Waals surface area contributed by atoms with Crippen molar-refractivity contribution in [3.05, 3.63) is 46.1 Å². The molecular weight excluding hydrogens is 487 g/mol. The third kappa shape index (κ3) is 5.00. The van der Waals surface area contributed by atoms with E-state index in [1.165, 1.54) is 34.4 Å². The highest BCUT2D eigenvalue weighted by Gasteiger charge is 2.31. The molecule has 0 bridgehead atoms. The van der Waals surface area contributed by atoms with E-state index in [9.17, 15) is 18.0 Å². The second-order valence-electron chi connectivity index (χ2n) is 9.72. The molecule has 192 valence electrons. The number of nitrogens with one attached hydrogen (secondary N) is 1. The lowest BCUT2D eigenvalue weighted by atomic mass is 9.89. The maximum Gasteiger partial charge on any atom is 0.416 e. The monoisotopic (exact) mass is 517 g/mol. The Labute approximate surface area is 212 Å². The fraction of sp³-hybridized carbons (Fsp3) is 0.500. The molecule has 1 N–H and O–H groups in total. The molecule has 1 saturated heterocycles. The van der Waals surface area contributed by atoms with Crippen LogP contribution >= 0.6 is 11.3 Å². The zero-order chi connectivity index (χ0) is 25.4. The topological polar surface area (TPSA) is 61.4 Å². The quantitative estimate of drug-likeness (QED) is 0.452. The Bertz CT molecular complexity index is 1250. The number of benzene rings is 1. The van der Waals surface area contributed by atoms with E-state index in [0.29, 0.717) is 37.8 Å². The van der Waals surface area contributed by atoms with Crippen LogP contribution in [0.3, 0.4) is 0 Å². The molecule has 1 atom stereocenters. The number of piperazine rings is 1. The summed E-state index contributed by atoms with van der Waals surface area (Å²) in [5.41, 5.74) is 1.00. The third-order valence-corrected chi connectivity index (χ3v) is 8.13. The Morgan fingerprint density at radius 3 is 2.53 bits per heavy atom. The van der Waals surface area contributed by atoms with E-state index in [4.69, 9.17) is 9.97 Å². The third-order valence-electron chi connectivity index (χ3n) is 6.99. The molecule has 0 spiro atoms. The van der Waals surface area contributed by atoms with Crippen molar-refractivity contribution in [1.29, 1.82) is 0 Å². The smallest absolute Gasteiger partial charge is 0.352 e. The number of carbonyl (C=O) groups is 1. The first-order valence-electron chi connectivity index (χ1n) is 12.5. The summed E-state index contributed by atoms with van der Waals surface area (Å²) in [6.07, 6.45) is 0.726. The van der Waals surface area contributed by atoms with Crippen molar-refractivity contribution in [1.82, 2.24) is 14.9 Å². The van der Waals surface area contributed by atoms with Gasteiger partial charge in [-0.25, -0.2) is 14.8 Å². The summed E-state index contributed by atoms with van der Waals surface area (Å²) in [4.78, 5) is 29.1. The van der Waals surface area contributed by atoms with Gasteiger partial charge in [0.25, 0.3) is 0 Å². The van der Waals surface area contributed by atoms with Gasteiger partial charge in [-0.15, -0.1) is 11.3 Å². The summed E-state index contributed by atoms with van der Waals surface area (Å²) in [5.74, 6) is 2.54. The summed E-state index contributed by atoms with van der Waals surface area (Å²) in [5, 5.41) is 3.90. The van der Waals surface area contributed by atoms with Gasteiger partial charge in [0.05, 0.1) is 10.9 Å². The predicted octanol–water partition coefficient (Wildman–Crippen LogP) is 6.14. The molecule has 5 rings (SSSR count). The van der Waals surface area contributed by atoms with Crippen LogP contribution < -0.4 is 10.2 Å². The molecule has 2 aliphatic rings.